The largest absolute Gasteiger partial charge is 0.298 e. The Hall–Kier alpha value is -2.40. The Kier molecular flexibility index (Phi) is 3.81. The number of benzene rings is 1. The highest BCUT2D eigenvalue weighted by atomic mass is 32.2. The van der Waals surface area contributed by atoms with Gasteiger partial charge in [0.05, 0.1) is 16.3 Å². The zero-order chi connectivity index (χ0) is 15.7. The number of imide groups is 1. The maximum Gasteiger partial charge on any atom is 0.298 e. The topological polar surface area (TPSA) is 50.3 Å². The van der Waals surface area contributed by atoms with Gasteiger partial charge in [-0.25, -0.2) is 4.90 Å². The zero-order valence-corrected chi connectivity index (χ0v) is 13.1. The van der Waals surface area contributed by atoms with Gasteiger partial charge in [-0.3, -0.25) is 14.6 Å². The summed E-state index contributed by atoms with van der Waals surface area (Å²) in [7, 11) is 0. The first-order valence-corrected chi connectivity index (χ1v) is 7.65. The van der Waals surface area contributed by atoms with Crippen molar-refractivity contribution >= 4 is 34.7 Å². The van der Waals surface area contributed by atoms with Crippen molar-refractivity contribution in [2.24, 2.45) is 0 Å². The van der Waals surface area contributed by atoms with E-state index in [1.807, 2.05) is 32.0 Å². The molecular weight excluding hydrogens is 296 g/mol. The third-order valence-electron chi connectivity index (χ3n) is 3.58. The number of nitrogens with zero attached hydrogens (tertiary/aromatic N) is 2. The van der Waals surface area contributed by atoms with Gasteiger partial charge in [-0.1, -0.05) is 18.2 Å². The number of thioether (sulfide) groups is 1. The first-order valence-electron chi connectivity index (χ1n) is 6.83. The van der Waals surface area contributed by atoms with Gasteiger partial charge < -0.3 is 0 Å². The van der Waals surface area contributed by atoms with Gasteiger partial charge in [0.15, 0.2) is 0 Å². The SMILES string of the molecule is Cc1cccc(N2C(=O)S/C(=C\c3ccccn3)C2=O)c1C. The quantitative estimate of drug-likeness (QED) is 0.788. The van der Waals surface area contributed by atoms with Crippen LogP contribution in [0.5, 0.6) is 0 Å². The van der Waals surface area contributed by atoms with E-state index >= 15 is 0 Å². The van der Waals surface area contributed by atoms with Crippen molar-refractivity contribution in [1.82, 2.24) is 4.98 Å². The highest BCUT2D eigenvalue weighted by Gasteiger charge is 2.37. The van der Waals surface area contributed by atoms with Crippen LogP contribution in [-0.4, -0.2) is 16.1 Å². The van der Waals surface area contributed by atoms with Gasteiger partial charge in [-0.15, -0.1) is 0 Å². The summed E-state index contributed by atoms with van der Waals surface area (Å²) in [5.41, 5.74) is 3.29. The average Bonchev–Trinajstić information content (AvgIpc) is 2.78. The summed E-state index contributed by atoms with van der Waals surface area (Å²) in [6.07, 6.45) is 3.30. The predicted octanol–water partition coefficient (Wildman–Crippen LogP) is 3.94. The number of carbonyl (C=O) groups is 2. The number of aromatic nitrogens is 1. The van der Waals surface area contributed by atoms with Crippen LogP contribution in [0, 0.1) is 13.8 Å². The molecule has 0 unspecified atom stereocenters. The molecule has 2 heterocycles. The summed E-state index contributed by atoms with van der Waals surface area (Å²) in [5.74, 6) is -0.297. The number of hydrogen-bond acceptors (Lipinski definition) is 4. The molecule has 0 saturated carbocycles. The summed E-state index contributed by atoms with van der Waals surface area (Å²) < 4.78 is 0. The van der Waals surface area contributed by atoms with Crippen LogP contribution in [0.4, 0.5) is 10.5 Å². The van der Waals surface area contributed by atoms with E-state index in [4.69, 9.17) is 0 Å². The molecule has 1 aliphatic heterocycles. The third-order valence-corrected chi connectivity index (χ3v) is 4.45. The van der Waals surface area contributed by atoms with Gasteiger partial charge in [0.1, 0.15) is 0 Å². The van der Waals surface area contributed by atoms with Gasteiger partial charge in [-0.2, -0.15) is 0 Å². The molecule has 5 heteroatoms. The zero-order valence-electron chi connectivity index (χ0n) is 12.2. The lowest BCUT2D eigenvalue weighted by Crippen LogP contribution is -2.28. The second-order valence-electron chi connectivity index (χ2n) is 4.99. The molecule has 1 saturated heterocycles. The van der Waals surface area contributed by atoms with Crippen LogP contribution < -0.4 is 4.90 Å². The number of aryl methyl sites for hydroxylation is 1. The van der Waals surface area contributed by atoms with E-state index in [0.29, 0.717) is 16.3 Å². The number of carbonyl (C=O) groups excluding carboxylic acids is 2. The van der Waals surface area contributed by atoms with Crippen LogP contribution in [0.1, 0.15) is 16.8 Å². The third kappa shape index (κ3) is 2.55. The minimum absolute atomic E-state index is 0.277. The molecule has 1 aromatic heterocycles. The molecule has 2 aromatic rings. The van der Waals surface area contributed by atoms with Gasteiger partial charge in [0, 0.05) is 6.20 Å². The Morgan fingerprint density at radius 3 is 2.64 bits per heavy atom. The van der Waals surface area contributed by atoms with Gasteiger partial charge in [0.25, 0.3) is 11.1 Å². The summed E-state index contributed by atoms with van der Waals surface area (Å²) in [4.78, 5) is 30.6. The fourth-order valence-electron chi connectivity index (χ4n) is 2.25. The van der Waals surface area contributed by atoms with Crippen LogP contribution in [0.15, 0.2) is 47.5 Å². The van der Waals surface area contributed by atoms with Crippen LogP contribution >= 0.6 is 11.8 Å². The molecule has 1 fully saturated rings. The highest BCUT2D eigenvalue weighted by molar-refractivity contribution is 8.19. The molecule has 1 aliphatic rings. The van der Waals surface area contributed by atoms with E-state index in [1.165, 1.54) is 4.90 Å². The number of pyridine rings is 1. The van der Waals surface area contributed by atoms with Crippen LogP contribution in [0.25, 0.3) is 6.08 Å². The average molecular weight is 310 g/mol. The Morgan fingerprint density at radius 1 is 1.09 bits per heavy atom. The van der Waals surface area contributed by atoms with E-state index in [2.05, 4.69) is 4.98 Å². The Bertz CT molecular complexity index is 785. The molecule has 0 atom stereocenters. The standard InChI is InChI=1S/C17H14N2O2S/c1-11-6-5-8-14(12(11)2)19-16(20)15(22-17(19)21)10-13-7-3-4-9-18-13/h3-10H,1-2H3/b15-10-. The normalized spacial score (nSPS) is 16.6. The van der Waals surface area contributed by atoms with E-state index in [9.17, 15) is 9.59 Å². The molecule has 0 aliphatic carbocycles. The second-order valence-corrected chi connectivity index (χ2v) is 5.98. The fraction of sp³-hybridized carbons (Fsp3) is 0.118. The van der Waals surface area contributed by atoms with E-state index in [0.717, 1.165) is 22.9 Å². The van der Waals surface area contributed by atoms with Crippen molar-refractivity contribution in [3.63, 3.8) is 0 Å². The van der Waals surface area contributed by atoms with E-state index in [1.54, 1.807) is 30.5 Å². The highest BCUT2D eigenvalue weighted by Crippen LogP contribution is 2.37. The number of hydrogen-bond donors (Lipinski definition) is 0. The van der Waals surface area contributed by atoms with Gasteiger partial charge in [-0.05, 0) is 61.0 Å². The first kappa shape index (κ1) is 14.5. The molecular formula is C17H14N2O2S. The van der Waals surface area contributed by atoms with Crippen molar-refractivity contribution < 1.29 is 9.59 Å². The Labute approximate surface area is 132 Å². The second kappa shape index (κ2) is 5.77. The Balaban J connectivity index is 1.99. The summed E-state index contributed by atoms with van der Waals surface area (Å²) in [5, 5.41) is -0.277. The lowest BCUT2D eigenvalue weighted by atomic mass is 10.1. The van der Waals surface area contributed by atoms with Gasteiger partial charge in [0.2, 0.25) is 0 Å². The maximum atomic E-state index is 12.6. The fourth-order valence-corrected chi connectivity index (χ4v) is 3.07. The molecule has 4 nitrogen and oxygen atoms in total. The maximum absolute atomic E-state index is 12.6. The smallest absolute Gasteiger partial charge is 0.268 e. The van der Waals surface area contributed by atoms with Crippen molar-refractivity contribution in [1.29, 1.82) is 0 Å². The molecule has 110 valence electrons. The molecule has 0 spiro atoms. The van der Waals surface area contributed by atoms with Crippen molar-refractivity contribution in [2.45, 2.75) is 13.8 Å². The summed E-state index contributed by atoms with van der Waals surface area (Å²) >= 11 is 0.945. The Morgan fingerprint density at radius 2 is 1.91 bits per heavy atom. The predicted molar refractivity (Wildman–Crippen MR) is 88.6 cm³/mol. The van der Waals surface area contributed by atoms with E-state index in [-0.39, 0.29) is 11.1 Å². The lowest BCUT2D eigenvalue weighted by Gasteiger charge is -2.16. The number of rotatable bonds is 2. The molecule has 0 bridgehead atoms. The molecule has 2 amide bonds. The van der Waals surface area contributed by atoms with Crippen molar-refractivity contribution in [3.05, 3.63) is 64.3 Å². The number of amides is 2. The summed E-state index contributed by atoms with van der Waals surface area (Å²) in [6.45, 7) is 3.87. The molecule has 1 aromatic carbocycles. The van der Waals surface area contributed by atoms with Crippen LogP contribution in [0.3, 0.4) is 0 Å². The first-order chi connectivity index (χ1) is 10.6. The molecule has 0 radical (unpaired) electrons. The molecule has 3 rings (SSSR count). The van der Waals surface area contributed by atoms with Crippen molar-refractivity contribution in [2.75, 3.05) is 4.90 Å². The summed E-state index contributed by atoms with van der Waals surface area (Å²) in [6, 6.07) is 11.0. The van der Waals surface area contributed by atoms with Crippen LogP contribution in [0.2, 0.25) is 0 Å². The minimum atomic E-state index is -0.297. The van der Waals surface area contributed by atoms with Crippen LogP contribution in [-0.2, 0) is 4.79 Å². The van der Waals surface area contributed by atoms with Gasteiger partial charge >= 0.3 is 0 Å². The van der Waals surface area contributed by atoms with Crippen molar-refractivity contribution in [3.8, 4) is 0 Å². The number of anilines is 1. The molecule has 0 N–H and O–H groups in total. The monoisotopic (exact) mass is 310 g/mol. The molecule has 22 heavy (non-hydrogen) atoms. The lowest BCUT2D eigenvalue weighted by molar-refractivity contribution is -0.113. The van der Waals surface area contributed by atoms with E-state index < -0.39 is 0 Å². The minimum Gasteiger partial charge on any atom is -0.268 e.